The van der Waals surface area contributed by atoms with E-state index in [-0.39, 0.29) is 5.78 Å². The molecule has 4 heteroatoms. The van der Waals surface area contributed by atoms with Crippen molar-refractivity contribution in [1.29, 1.82) is 0 Å². The molecule has 146 valence electrons. The number of rotatable bonds is 4. The van der Waals surface area contributed by atoms with Gasteiger partial charge in [-0.3, -0.25) is 4.79 Å². The second-order valence-electron chi connectivity index (χ2n) is 7.58. The van der Waals surface area contributed by atoms with Crippen molar-refractivity contribution in [2.24, 2.45) is 0 Å². The van der Waals surface area contributed by atoms with Gasteiger partial charge in [0.1, 0.15) is 5.78 Å². The second kappa shape index (κ2) is 8.89. The van der Waals surface area contributed by atoms with E-state index in [0.29, 0.717) is 6.42 Å². The summed E-state index contributed by atoms with van der Waals surface area (Å²) >= 11 is 3.78. The maximum atomic E-state index is 11.3. The SMILES string of the molecule is CSc1ccc2c(c1)C(=C1CCN(CCC(C)=O)CC1)c1ccccc1CS2. The van der Waals surface area contributed by atoms with Crippen LogP contribution < -0.4 is 0 Å². The van der Waals surface area contributed by atoms with Gasteiger partial charge in [-0.1, -0.05) is 29.8 Å². The first kappa shape index (κ1) is 19.8. The zero-order valence-corrected chi connectivity index (χ0v) is 18.3. The van der Waals surface area contributed by atoms with Gasteiger partial charge >= 0.3 is 0 Å². The third-order valence-electron chi connectivity index (χ3n) is 5.72. The molecule has 4 rings (SSSR count). The van der Waals surface area contributed by atoms with Crippen molar-refractivity contribution in [1.82, 2.24) is 4.90 Å². The first-order chi connectivity index (χ1) is 13.7. The van der Waals surface area contributed by atoms with Crippen molar-refractivity contribution >= 4 is 34.9 Å². The molecule has 2 nitrogen and oxygen atoms in total. The average molecular weight is 410 g/mol. The van der Waals surface area contributed by atoms with Gasteiger partial charge < -0.3 is 4.90 Å². The Labute approximate surface area is 176 Å². The fraction of sp³-hybridized carbons (Fsp3) is 0.375. The highest BCUT2D eigenvalue weighted by Gasteiger charge is 2.24. The lowest BCUT2D eigenvalue weighted by molar-refractivity contribution is -0.117. The first-order valence-corrected chi connectivity index (χ1v) is 12.2. The normalized spacial score (nSPS) is 17.1. The number of benzene rings is 2. The zero-order valence-electron chi connectivity index (χ0n) is 16.7. The smallest absolute Gasteiger partial charge is 0.131 e. The van der Waals surface area contributed by atoms with E-state index in [4.69, 9.17) is 0 Å². The van der Waals surface area contributed by atoms with E-state index in [1.54, 1.807) is 12.5 Å². The van der Waals surface area contributed by atoms with Gasteiger partial charge in [-0.15, -0.1) is 23.5 Å². The first-order valence-electron chi connectivity index (χ1n) is 9.99. The van der Waals surface area contributed by atoms with Gasteiger partial charge in [-0.05, 0) is 66.5 Å². The number of carbonyl (C=O) groups excluding carboxylic acids is 1. The third-order valence-corrected chi connectivity index (χ3v) is 7.57. The fourth-order valence-corrected chi connectivity index (χ4v) is 5.62. The van der Waals surface area contributed by atoms with Crippen molar-refractivity contribution in [2.75, 3.05) is 25.9 Å². The topological polar surface area (TPSA) is 20.3 Å². The molecule has 2 aliphatic rings. The van der Waals surface area contributed by atoms with Crippen molar-refractivity contribution < 1.29 is 4.79 Å². The lowest BCUT2D eigenvalue weighted by Crippen LogP contribution is -2.32. The van der Waals surface area contributed by atoms with Gasteiger partial charge in [0.25, 0.3) is 0 Å². The summed E-state index contributed by atoms with van der Waals surface area (Å²) in [7, 11) is 0. The molecular formula is C24H27NOS2. The van der Waals surface area contributed by atoms with Crippen LogP contribution >= 0.6 is 23.5 Å². The van der Waals surface area contributed by atoms with Crippen LogP contribution in [0.25, 0.3) is 5.57 Å². The zero-order chi connectivity index (χ0) is 19.5. The number of ketones is 1. The maximum absolute atomic E-state index is 11.3. The third kappa shape index (κ3) is 4.24. The van der Waals surface area contributed by atoms with E-state index in [1.165, 1.54) is 32.1 Å². The molecule has 0 radical (unpaired) electrons. The molecule has 0 bridgehead atoms. The summed E-state index contributed by atoms with van der Waals surface area (Å²) in [5.74, 6) is 1.32. The molecule has 0 aliphatic carbocycles. The summed E-state index contributed by atoms with van der Waals surface area (Å²) in [6.45, 7) is 4.70. The number of hydrogen-bond acceptors (Lipinski definition) is 4. The number of piperidine rings is 1. The Bertz CT molecular complexity index is 909. The predicted octanol–water partition coefficient (Wildman–Crippen LogP) is 5.89. The van der Waals surface area contributed by atoms with Crippen molar-refractivity contribution in [3.05, 3.63) is 64.7 Å². The molecule has 0 saturated carbocycles. The molecular weight excluding hydrogens is 382 g/mol. The standard InChI is InChI=1S/C24H27NOS2/c1-17(26)9-12-25-13-10-18(11-14-25)24-21-6-4-3-5-19(21)16-28-23-8-7-20(27-2)15-22(23)24/h3-8,15H,9-14,16H2,1-2H3. The molecule has 2 aromatic carbocycles. The van der Waals surface area contributed by atoms with E-state index in [2.05, 4.69) is 53.6 Å². The Balaban J connectivity index is 1.73. The van der Waals surface area contributed by atoms with E-state index in [1.807, 2.05) is 23.5 Å². The van der Waals surface area contributed by atoms with E-state index in [0.717, 1.165) is 38.2 Å². The summed E-state index contributed by atoms with van der Waals surface area (Å²) in [6.07, 6.45) is 5.01. The van der Waals surface area contributed by atoms with Crippen LogP contribution in [0.5, 0.6) is 0 Å². The molecule has 0 unspecified atom stereocenters. The van der Waals surface area contributed by atoms with Crippen LogP contribution in [-0.4, -0.2) is 36.6 Å². The van der Waals surface area contributed by atoms with Crippen molar-refractivity contribution in [2.45, 2.75) is 41.7 Å². The number of thioether (sulfide) groups is 2. The number of likely N-dealkylation sites (tertiary alicyclic amines) is 1. The lowest BCUT2D eigenvalue weighted by Gasteiger charge is -2.30. The van der Waals surface area contributed by atoms with Crippen LogP contribution in [0.4, 0.5) is 0 Å². The van der Waals surface area contributed by atoms with E-state index < -0.39 is 0 Å². The molecule has 0 atom stereocenters. The quantitative estimate of drug-likeness (QED) is 0.586. The van der Waals surface area contributed by atoms with Crippen LogP contribution in [0.15, 0.2) is 57.8 Å². The van der Waals surface area contributed by atoms with E-state index >= 15 is 0 Å². The Morgan fingerprint density at radius 2 is 1.89 bits per heavy atom. The van der Waals surface area contributed by atoms with Crippen LogP contribution in [0.3, 0.4) is 0 Å². The molecule has 2 aromatic rings. The molecule has 0 amide bonds. The average Bonchev–Trinajstić information content (AvgIpc) is 2.89. The summed E-state index contributed by atoms with van der Waals surface area (Å²) in [6, 6.07) is 15.9. The van der Waals surface area contributed by atoms with Crippen LogP contribution in [-0.2, 0) is 10.5 Å². The van der Waals surface area contributed by atoms with Gasteiger partial charge in [-0.2, -0.15) is 0 Å². The number of hydrogen-bond donors (Lipinski definition) is 0. The molecule has 0 N–H and O–H groups in total. The molecule has 2 aliphatic heterocycles. The molecule has 2 heterocycles. The van der Waals surface area contributed by atoms with Gasteiger partial charge in [0.05, 0.1) is 0 Å². The van der Waals surface area contributed by atoms with Gasteiger partial charge in [0.15, 0.2) is 0 Å². The summed E-state index contributed by atoms with van der Waals surface area (Å²) in [5, 5.41) is 0. The number of fused-ring (bicyclic) bond motifs is 2. The largest absolute Gasteiger partial charge is 0.302 e. The lowest BCUT2D eigenvalue weighted by atomic mass is 9.86. The number of Topliss-reactive ketones (excluding diaryl/α,β-unsaturated/α-hetero) is 1. The van der Waals surface area contributed by atoms with Crippen LogP contribution in [0, 0.1) is 0 Å². The molecule has 0 spiro atoms. The van der Waals surface area contributed by atoms with Crippen LogP contribution in [0.2, 0.25) is 0 Å². The molecule has 28 heavy (non-hydrogen) atoms. The van der Waals surface area contributed by atoms with Crippen molar-refractivity contribution in [3.8, 4) is 0 Å². The van der Waals surface area contributed by atoms with E-state index in [9.17, 15) is 4.79 Å². The highest BCUT2D eigenvalue weighted by molar-refractivity contribution is 7.99. The maximum Gasteiger partial charge on any atom is 0.131 e. The number of nitrogens with zero attached hydrogens (tertiary/aromatic N) is 1. The monoisotopic (exact) mass is 409 g/mol. The number of carbonyl (C=O) groups is 1. The highest BCUT2D eigenvalue weighted by atomic mass is 32.2. The minimum absolute atomic E-state index is 0.289. The van der Waals surface area contributed by atoms with Gasteiger partial charge in [-0.25, -0.2) is 0 Å². The molecule has 0 aromatic heterocycles. The Morgan fingerprint density at radius 3 is 2.64 bits per heavy atom. The molecule has 1 fully saturated rings. The van der Waals surface area contributed by atoms with Gasteiger partial charge in [0.2, 0.25) is 0 Å². The summed E-state index contributed by atoms with van der Waals surface area (Å²) in [5.41, 5.74) is 7.32. The van der Waals surface area contributed by atoms with Crippen LogP contribution in [0.1, 0.15) is 42.9 Å². The Hall–Kier alpha value is -1.49. The fourth-order valence-electron chi connectivity index (χ4n) is 4.14. The molecule has 1 saturated heterocycles. The Kier molecular flexibility index (Phi) is 6.29. The minimum atomic E-state index is 0.289. The Morgan fingerprint density at radius 1 is 1.11 bits per heavy atom. The minimum Gasteiger partial charge on any atom is -0.302 e. The summed E-state index contributed by atoms with van der Waals surface area (Å²) < 4.78 is 0. The second-order valence-corrected chi connectivity index (χ2v) is 9.48. The highest BCUT2D eigenvalue weighted by Crippen LogP contribution is 2.44. The summed E-state index contributed by atoms with van der Waals surface area (Å²) in [4.78, 5) is 16.5. The van der Waals surface area contributed by atoms with Crippen molar-refractivity contribution in [3.63, 3.8) is 0 Å². The van der Waals surface area contributed by atoms with Gasteiger partial charge in [0, 0.05) is 41.6 Å². The predicted molar refractivity (Wildman–Crippen MR) is 121 cm³/mol.